The van der Waals surface area contributed by atoms with Crippen LogP contribution in [0.4, 0.5) is 0 Å². The monoisotopic (exact) mass is 387 g/mol. The predicted molar refractivity (Wildman–Crippen MR) is 101 cm³/mol. The second-order valence-electron chi connectivity index (χ2n) is 5.40. The first-order valence-electron chi connectivity index (χ1n) is 7.86. The van der Waals surface area contributed by atoms with E-state index in [1.165, 1.54) is 0 Å². The summed E-state index contributed by atoms with van der Waals surface area (Å²) in [5, 5.41) is 0.818. The van der Waals surface area contributed by atoms with Gasteiger partial charge < -0.3 is 9.47 Å². The number of ether oxygens (including phenoxy) is 2. The van der Waals surface area contributed by atoms with Gasteiger partial charge in [-0.25, -0.2) is 4.79 Å². The molecule has 0 aliphatic heterocycles. The quantitative estimate of drug-likeness (QED) is 0.552. The van der Waals surface area contributed by atoms with Gasteiger partial charge in [0.05, 0.1) is 10.7 Å². The summed E-state index contributed by atoms with van der Waals surface area (Å²) < 4.78 is 11.1. The molecule has 0 fully saturated rings. The number of hydrogen-bond donors (Lipinski definition) is 0. The molecule has 4 nitrogen and oxygen atoms in total. The largest absolute Gasteiger partial charge is 0.480 e. The molecule has 1 atom stereocenters. The van der Waals surface area contributed by atoms with E-state index in [0.29, 0.717) is 21.5 Å². The van der Waals surface area contributed by atoms with E-state index in [9.17, 15) is 4.79 Å². The molecule has 1 unspecified atom stereocenters. The molecule has 0 amide bonds. The lowest BCUT2D eigenvalue weighted by Gasteiger charge is -2.18. The summed E-state index contributed by atoms with van der Waals surface area (Å²) in [5.41, 5.74) is 1.46. The highest BCUT2D eigenvalue weighted by Gasteiger charge is 2.20. The minimum atomic E-state index is -0.616. The predicted octanol–water partition coefficient (Wildman–Crippen LogP) is 5.10. The molecule has 3 rings (SSSR count). The Bertz CT molecular complexity index is 833. The molecule has 0 aliphatic carbocycles. The van der Waals surface area contributed by atoms with Crippen molar-refractivity contribution in [2.45, 2.75) is 6.10 Å². The highest BCUT2D eigenvalue weighted by atomic mass is 35.5. The number of benzene rings is 2. The third-order valence-electron chi connectivity index (χ3n) is 3.55. The molecule has 2 aromatic carbocycles. The van der Waals surface area contributed by atoms with Gasteiger partial charge in [0.25, 0.3) is 0 Å². The fraction of sp³-hybridized carbons (Fsp3) is 0.100. The first-order valence-corrected chi connectivity index (χ1v) is 8.62. The Morgan fingerprint density at radius 2 is 1.77 bits per heavy atom. The third kappa shape index (κ3) is 4.75. The molecule has 26 heavy (non-hydrogen) atoms. The minimum absolute atomic E-state index is 0.280. The van der Waals surface area contributed by atoms with E-state index in [4.69, 9.17) is 32.7 Å². The van der Waals surface area contributed by atoms with E-state index in [-0.39, 0.29) is 6.61 Å². The third-order valence-corrected chi connectivity index (χ3v) is 4.08. The van der Waals surface area contributed by atoms with Gasteiger partial charge in [0, 0.05) is 11.2 Å². The Kier molecular flexibility index (Phi) is 6.10. The van der Waals surface area contributed by atoms with Crippen molar-refractivity contribution in [1.29, 1.82) is 0 Å². The Morgan fingerprint density at radius 1 is 1.00 bits per heavy atom. The van der Waals surface area contributed by atoms with Crippen LogP contribution in [0.5, 0.6) is 5.75 Å². The van der Waals surface area contributed by atoms with Crippen LogP contribution in [-0.2, 0) is 9.53 Å². The summed E-state index contributed by atoms with van der Waals surface area (Å²) >= 11 is 11.9. The second kappa shape index (κ2) is 8.70. The highest BCUT2D eigenvalue weighted by molar-refractivity contribution is 6.35. The lowest BCUT2D eigenvalue weighted by Crippen LogP contribution is -2.19. The smallest absolute Gasteiger partial charge is 0.345 e. The normalized spacial score (nSPS) is 11.6. The minimum Gasteiger partial charge on any atom is -0.480 e. The Labute approximate surface area is 161 Å². The molecule has 0 radical (unpaired) electrons. The van der Waals surface area contributed by atoms with Crippen LogP contribution in [-0.4, -0.2) is 17.6 Å². The van der Waals surface area contributed by atoms with Crippen molar-refractivity contribution < 1.29 is 14.3 Å². The molecule has 0 spiro atoms. The van der Waals surface area contributed by atoms with Crippen molar-refractivity contribution in [3.63, 3.8) is 0 Å². The highest BCUT2D eigenvalue weighted by Crippen LogP contribution is 2.28. The molecule has 0 N–H and O–H groups in total. The lowest BCUT2D eigenvalue weighted by molar-refractivity contribution is -0.150. The van der Waals surface area contributed by atoms with Crippen molar-refractivity contribution in [2.24, 2.45) is 0 Å². The second-order valence-corrected chi connectivity index (χ2v) is 6.24. The van der Waals surface area contributed by atoms with Gasteiger partial charge >= 0.3 is 5.97 Å². The van der Waals surface area contributed by atoms with Gasteiger partial charge in [0.2, 0.25) is 0 Å². The first-order chi connectivity index (χ1) is 12.6. The Hall–Kier alpha value is -2.56. The maximum atomic E-state index is 12.3. The molecule has 0 bridgehead atoms. The number of aromatic nitrogens is 1. The number of pyridine rings is 1. The summed E-state index contributed by atoms with van der Waals surface area (Å²) in [6.45, 7) is -0.280. The molecule has 1 heterocycles. The number of nitrogens with zero attached hydrogens (tertiary/aromatic N) is 1. The maximum Gasteiger partial charge on any atom is 0.345 e. The number of carbonyl (C=O) groups excluding carboxylic acids is 1. The number of esters is 1. The Morgan fingerprint density at radius 3 is 2.46 bits per heavy atom. The topological polar surface area (TPSA) is 48.4 Å². The molecule has 0 saturated heterocycles. The van der Waals surface area contributed by atoms with E-state index in [0.717, 1.165) is 5.56 Å². The van der Waals surface area contributed by atoms with Crippen LogP contribution in [0.3, 0.4) is 0 Å². The molecule has 6 heteroatoms. The van der Waals surface area contributed by atoms with Crippen LogP contribution in [0, 0.1) is 0 Å². The molecule has 3 aromatic rings. The van der Waals surface area contributed by atoms with Gasteiger partial charge in [0.15, 0.2) is 12.7 Å². The number of carbonyl (C=O) groups is 1. The zero-order valence-electron chi connectivity index (χ0n) is 13.6. The SMILES string of the molecule is O=C(COc1ccc(Cl)cc1Cl)OC(c1ccccc1)c1ccccn1. The number of rotatable bonds is 6. The van der Waals surface area contributed by atoms with Crippen LogP contribution in [0.25, 0.3) is 0 Å². The fourth-order valence-electron chi connectivity index (χ4n) is 2.35. The first kappa shape index (κ1) is 18.2. The van der Waals surface area contributed by atoms with E-state index in [1.54, 1.807) is 30.5 Å². The molecular weight excluding hydrogens is 373 g/mol. The number of hydrogen-bond acceptors (Lipinski definition) is 4. The van der Waals surface area contributed by atoms with Crippen molar-refractivity contribution in [2.75, 3.05) is 6.61 Å². The maximum absolute atomic E-state index is 12.3. The van der Waals surface area contributed by atoms with E-state index < -0.39 is 12.1 Å². The van der Waals surface area contributed by atoms with Gasteiger partial charge in [0.1, 0.15) is 5.75 Å². The molecule has 0 saturated carbocycles. The van der Waals surface area contributed by atoms with Gasteiger partial charge in [-0.05, 0) is 35.9 Å². The van der Waals surface area contributed by atoms with Crippen LogP contribution < -0.4 is 4.74 Å². The van der Waals surface area contributed by atoms with E-state index in [1.807, 2.05) is 42.5 Å². The summed E-state index contributed by atoms with van der Waals surface area (Å²) in [5.74, 6) is -0.169. The van der Waals surface area contributed by atoms with Crippen molar-refractivity contribution >= 4 is 29.2 Å². The van der Waals surface area contributed by atoms with Crippen LogP contribution in [0.1, 0.15) is 17.4 Å². The molecule has 132 valence electrons. The molecule has 1 aromatic heterocycles. The standard InChI is InChI=1S/C20H15Cl2NO3/c21-15-9-10-18(16(22)12-15)25-13-19(24)26-20(14-6-2-1-3-7-14)17-8-4-5-11-23-17/h1-12,20H,13H2. The van der Waals surface area contributed by atoms with Crippen molar-refractivity contribution in [1.82, 2.24) is 4.98 Å². The summed E-state index contributed by atoms with van der Waals surface area (Å²) in [6.07, 6.45) is 1.04. The average Bonchev–Trinajstić information content (AvgIpc) is 2.67. The van der Waals surface area contributed by atoms with Gasteiger partial charge in [-0.15, -0.1) is 0 Å². The van der Waals surface area contributed by atoms with Crippen molar-refractivity contribution in [3.8, 4) is 5.75 Å². The van der Waals surface area contributed by atoms with Crippen LogP contribution in [0.15, 0.2) is 72.9 Å². The average molecular weight is 388 g/mol. The summed E-state index contributed by atoms with van der Waals surface area (Å²) in [7, 11) is 0. The van der Waals surface area contributed by atoms with E-state index >= 15 is 0 Å². The molecular formula is C20H15Cl2NO3. The Balaban J connectivity index is 1.71. The van der Waals surface area contributed by atoms with Crippen LogP contribution >= 0.6 is 23.2 Å². The summed E-state index contributed by atoms with van der Waals surface area (Å²) in [6, 6.07) is 19.6. The number of halogens is 2. The van der Waals surface area contributed by atoms with Crippen LogP contribution in [0.2, 0.25) is 10.0 Å². The summed E-state index contributed by atoms with van der Waals surface area (Å²) in [4.78, 5) is 16.6. The zero-order valence-corrected chi connectivity index (χ0v) is 15.2. The van der Waals surface area contributed by atoms with Gasteiger partial charge in [-0.2, -0.15) is 0 Å². The van der Waals surface area contributed by atoms with Crippen molar-refractivity contribution in [3.05, 3.63) is 94.2 Å². The fourth-order valence-corrected chi connectivity index (χ4v) is 2.82. The van der Waals surface area contributed by atoms with Gasteiger partial charge in [-0.1, -0.05) is 59.6 Å². The van der Waals surface area contributed by atoms with E-state index in [2.05, 4.69) is 4.98 Å². The van der Waals surface area contributed by atoms with Gasteiger partial charge in [-0.3, -0.25) is 4.98 Å². The lowest BCUT2D eigenvalue weighted by atomic mass is 10.1. The molecule has 0 aliphatic rings. The zero-order chi connectivity index (χ0) is 18.4.